The van der Waals surface area contributed by atoms with Gasteiger partial charge in [-0.25, -0.2) is 4.79 Å². The summed E-state index contributed by atoms with van der Waals surface area (Å²) in [7, 11) is 0. The highest BCUT2D eigenvalue weighted by molar-refractivity contribution is 5.91. The molecule has 0 aliphatic heterocycles. The van der Waals surface area contributed by atoms with Crippen LogP contribution in [0, 0.1) is 0 Å². The van der Waals surface area contributed by atoms with Crippen LogP contribution in [0.25, 0.3) is 12.2 Å². The molecule has 0 radical (unpaired) electrons. The third kappa shape index (κ3) is 6.94. The third-order valence-corrected chi connectivity index (χ3v) is 5.85. The molecule has 0 aromatic heterocycles. The molecule has 0 spiro atoms. The molecule has 3 nitrogen and oxygen atoms in total. The van der Waals surface area contributed by atoms with E-state index in [0.29, 0.717) is 23.8 Å². The lowest BCUT2D eigenvalue weighted by molar-refractivity contribution is 0.0734. The highest BCUT2D eigenvalue weighted by Gasteiger charge is 2.09. The Labute approximate surface area is 207 Å². The molecule has 0 aliphatic rings. The first-order chi connectivity index (χ1) is 17.1. The van der Waals surface area contributed by atoms with E-state index in [1.807, 2.05) is 25.1 Å². The molecule has 0 saturated heterocycles. The van der Waals surface area contributed by atoms with Crippen LogP contribution in [-0.4, -0.2) is 12.6 Å². The molecule has 0 amide bonds. The van der Waals surface area contributed by atoms with Crippen molar-refractivity contribution in [2.45, 2.75) is 26.2 Å². The van der Waals surface area contributed by atoms with Crippen molar-refractivity contribution in [3.05, 3.63) is 131 Å². The molecule has 4 rings (SSSR count). The van der Waals surface area contributed by atoms with Gasteiger partial charge < -0.3 is 9.47 Å². The van der Waals surface area contributed by atoms with E-state index in [2.05, 4.69) is 67.6 Å². The molecule has 0 saturated carbocycles. The summed E-state index contributed by atoms with van der Waals surface area (Å²) in [6.45, 7) is 4.79. The molecule has 4 aromatic carbocycles. The quantitative estimate of drug-likeness (QED) is 0.144. The monoisotopic (exact) mass is 462 g/mol. The third-order valence-electron chi connectivity index (χ3n) is 5.85. The molecule has 0 bridgehead atoms. The van der Waals surface area contributed by atoms with Gasteiger partial charge in [0.15, 0.2) is 0 Å². The second kappa shape index (κ2) is 11.8. The second-order valence-electron chi connectivity index (χ2n) is 8.51. The van der Waals surface area contributed by atoms with E-state index in [0.717, 1.165) is 23.3 Å². The van der Waals surface area contributed by atoms with Gasteiger partial charge in [-0.1, -0.05) is 85.8 Å². The first-order valence-corrected chi connectivity index (χ1v) is 12.0. The van der Waals surface area contributed by atoms with Crippen LogP contribution in [0.1, 0.15) is 52.4 Å². The topological polar surface area (TPSA) is 35.5 Å². The molecule has 0 fully saturated rings. The summed E-state index contributed by atoms with van der Waals surface area (Å²) in [5, 5.41) is 0. The molecule has 1 atom stereocenters. The maximum absolute atomic E-state index is 12.4. The van der Waals surface area contributed by atoms with E-state index in [4.69, 9.17) is 9.47 Å². The molecular formula is C32H30O3. The van der Waals surface area contributed by atoms with E-state index >= 15 is 0 Å². The average Bonchev–Trinajstić information content (AvgIpc) is 2.90. The van der Waals surface area contributed by atoms with Crippen molar-refractivity contribution in [2.75, 3.05) is 6.61 Å². The number of hydrogen-bond donors (Lipinski definition) is 0. The van der Waals surface area contributed by atoms with Crippen LogP contribution in [0.2, 0.25) is 0 Å². The SMILES string of the molecule is CCOc1ccc(OC(=O)c2ccc(/C=C/c3ccc(CC(C)c4ccccc4)cc3)cc2)cc1. The molecule has 0 heterocycles. The van der Waals surface area contributed by atoms with Gasteiger partial charge in [0.05, 0.1) is 12.2 Å². The molecule has 176 valence electrons. The van der Waals surface area contributed by atoms with Crippen molar-refractivity contribution in [1.29, 1.82) is 0 Å². The van der Waals surface area contributed by atoms with E-state index in [1.165, 1.54) is 11.1 Å². The Balaban J connectivity index is 1.32. The van der Waals surface area contributed by atoms with Gasteiger partial charge in [-0.2, -0.15) is 0 Å². The van der Waals surface area contributed by atoms with Crippen molar-refractivity contribution in [2.24, 2.45) is 0 Å². The van der Waals surface area contributed by atoms with E-state index in [-0.39, 0.29) is 5.97 Å². The minimum absolute atomic E-state index is 0.384. The maximum Gasteiger partial charge on any atom is 0.343 e. The lowest BCUT2D eigenvalue weighted by Gasteiger charge is -2.12. The molecule has 1 unspecified atom stereocenters. The fraction of sp³-hybridized carbons (Fsp3) is 0.156. The zero-order valence-electron chi connectivity index (χ0n) is 20.2. The van der Waals surface area contributed by atoms with Crippen LogP contribution in [0.3, 0.4) is 0 Å². The van der Waals surface area contributed by atoms with Crippen molar-refractivity contribution in [1.82, 2.24) is 0 Å². The summed E-state index contributed by atoms with van der Waals surface area (Å²) in [5.74, 6) is 1.34. The van der Waals surface area contributed by atoms with Gasteiger partial charge in [0.2, 0.25) is 0 Å². The second-order valence-corrected chi connectivity index (χ2v) is 8.51. The van der Waals surface area contributed by atoms with Crippen LogP contribution in [0.15, 0.2) is 103 Å². The number of rotatable bonds is 9. The largest absolute Gasteiger partial charge is 0.494 e. The van der Waals surface area contributed by atoms with E-state index < -0.39 is 0 Å². The standard InChI is InChI=1S/C32H30O3/c1-3-34-30-19-21-31(22-20-30)35-32(33)29-17-15-26(16-18-29)10-9-25-11-13-27(14-12-25)23-24(2)28-7-5-4-6-8-28/h4-22,24H,3,23H2,1-2H3/b10-9+. The van der Waals surface area contributed by atoms with Gasteiger partial charge in [0.1, 0.15) is 11.5 Å². The first kappa shape index (κ1) is 24.0. The zero-order chi connectivity index (χ0) is 24.5. The summed E-state index contributed by atoms with van der Waals surface area (Å²) in [6.07, 6.45) is 5.14. The number of ether oxygens (including phenoxy) is 2. The highest BCUT2D eigenvalue weighted by Crippen LogP contribution is 2.21. The predicted molar refractivity (Wildman–Crippen MR) is 143 cm³/mol. The average molecular weight is 463 g/mol. The first-order valence-electron chi connectivity index (χ1n) is 12.0. The van der Waals surface area contributed by atoms with Gasteiger partial charge in [0.25, 0.3) is 0 Å². The van der Waals surface area contributed by atoms with Crippen molar-refractivity contribution in [3.8, 4) is 11.5 Å². The fourth-order valence-electron chi connectivity index (χ4n) is 3.88. The Morgan fingerprint density at radius 1 is 0.743 bits per heavy atom. The Kier molecular flexibility index (Phi) is 8.13. The van der Waals surface area contributed by atoms with E-state index in [1.54, 1.807) is 36.4 Å². The zero-order valence-corrected chi connectivity index (χ0v) is 20.2. The Bertz CT molecular complexity index is 1240. The van der Waals surface area contributed by atoms with Gasteiger partial charge in [-0.3, -0.25) is 0 Å². The predicted octanol–water partition coefficient (Wildman–Crippen LogP) is 7.82. The fourth-order valence-corrected chi connectivity index (χ4v) is 3.88. The van der Waals surface area contributed by atoms with E-state index in [9.17, 15) is 4.79 Å². The van der Waals surface area contributed by atoms with Crippen LogP contribution in [0.4, 0.5) is 0 Å². The Morgan fingerprint density at radius 2 is 1.31 bits per heavy atom. The number of benzene rings is 4. The Morgan fingerprint density at radius 3 is 1.91 bits per heavy atom. The maximum atomic E-state index is 12.4. The summed E-state index contributed by atoms with van der Waals surface area (Å²) in [6, 6.07) is 33.7. The van der Waals surface area contributed by atoms with Crippen molar-refractivity contribution >= 4 is 18.1 Å². The van der Waals surface area contributed by atoms with Crippen LogP contribution >= 0.6 is 0 Å². The molecule has 0 aliphatic carbocycles. The van der Waals surface area contributed by atoms with Crippen LogP contribution in [-0.2, 0) is 6.42 Å². The number of carbonyl (C=O) groups excluding carboxylic acids is 1. The Hall–Kier alpha value is -4.11. The summed E-state index contributed by atoms with van der Waals surface area (Å²) in [5.41, 5.74) is 5.36. The number of hydrogen-bond acceptors (Lipinski definition) is 3. The van der Waals surface area contributed by atoms with Crippen LogP contribution < -0.4 is 9.47 Å². The minimum Gasteiger partial charge on any atom is -0.494 e. The summed E-state index contributed by atoms with van der Waals surface area (Å²) in [4.78, 5) is 12.4. The van der Waals surface area contributed by atoms with Gasteiger partial charge in [-0.05, 0) is 77.9 Å². The lowest BCUT2D eigenvalue weighted by Crippen LogP contribution is -2.08. The van der Waals surface area contributed by atoms with Crippen molar-refractivity contribution < 1.29 is 14.3 Å². The minimum atomic E-state index is -0.384. The summed E-state index contributed by atoms with van der Waals surface area (Å²) < 4.78 is 10.9. The molecule has 0 N–H and O–H groups in total. The van der Waals surface area contributed by atoms with Gasteiger partial charge in [-0.15, -0.1) is 0 Å². The molecular weight excluding hydrogens is 432 g/mol. The normalized spacial score (nSPS) is 11.8. The molecule has 35 heavy (non-hydrogen) atoms. The molecule has 4 aromatic rings. The number of carbonyl (C=O) groups is 1. The summed E-state index contributed by atoms with van der Waals surface area (Å²) >= 11 is 0. The number of esters is 1. The van der Waals surface area contributed by atoms with Gasteiger partial charge in [0, 0.05) is 0 Å². The van der Waals surface area contributed by atoms with Crippen molar-refractivity contribution in [3.63, 3.8) is 0 Å². The van der Waals surface area contributed by atoms with Gasteiger partial charge >= 0.3 is 5.97 Å². The highest BCUT2D eigenvalue weighted by atomic mass is 16.5. The van der Waals surface area contributed by atoms with Crippen LogP contribution in [0.5, 0.6) is 11.5 Å². The smallest absolute Gasteiger partial charge is 0.343 e. The lowest BCUT2D eigenvalue weighted by atomic mass is 9.93. The molecule has 3 heteroatoms.